The van der Waals surface area contributed by atoms with E-state index < -0.39 is 0 Å². The smallest absolute Gasteiger partial charge is 0.172 e. The summed E-state index contributed by atoms with van der Waals surface area (Å²) in [4.78, 5) is 0. The molecule has 0 aliphatic rings. The van der Waals surface area contributed by atoms with Gasteiger partial charge in [0.05, 0.1) is 12.7 Å². The molecule has 0 amide bonds. The number of aromatic nitrogens is 2. The van der Waals surface area contributed by atoms with Crippen molar-refractivity contribution in [3.05, 3.63) is 17.5 Å². The Kier molecular flexibility index (Phi) is 3.07. The average molecular weight is 170 g/mol. The van der Waals surface area contributed by atoms with E-state index in [1.165, 1.54) is 0 Å². The maximum atomic E-state index is 11.0. The first kappa shape index (κ1) is 9.02. The number of hydrogen-bond acceptors (Lipinski definition) is 3. The Bertz CT molecular complexity index is 235. The van der Waals surface area contributed by atoms with Gasteiger partial charge in [-0.05, 0) is 13.8 Å². The quantitative estimate of drug-likeness (QED) is 0.606. The minimum atomic E-state index is 0.0187. The van der Waals surface area contributed by atoms with Gasteiger partial charge >= 0.3 is 0 Å². The summed E-state index contributed by atoms with van der Waals surface area (Å²) >= 11 is 0. The molecule has 1 heterocycles. The van der Waals surface area contributed by atoms with Crippen molar-refractivity contribution in [1.82, 2.24) is 9.78 Å². The Morgan fingerprint density at radius 1 is 1.67 bits per heavy atom. The van der Waals surface area contributed by atoms with Gasteiger partial charge < -0.3 is 5.21 Å². The van der Waals surface area contributed by atoms with Crippen LogP contribution in [0.1, 0.15) is 13.8 Å². The third kappa shape index (κ3) is 1.96. The van der Waals surface area contributed by atoms with Gasteiger partial charge in [-0.25, -0.2) is 10.1 Å². The van der Waals surface area contributed by atoms with E-state index in [1.54, 1.807) is 16.9 Å². The van der Waals surface area contributed by atoms with Crippen molar-refractivity contribution >= 4 is 5.82 Å². The molecular formula is C7H14N4O. The molecule has 1 atom stereocenters. The summed E-state index contributed by atoms with van der Waals surface area (Å²) < 4.78 is 1.74. The molecule has 1 aromatic rings. The Morgan fingerprint density at radius 2 is 2.42 bits per heavy atom. The third-order valence-corrected chi connectivity index (χ3v) is 1.60. The highest BCUT2D eigenvalue weighted by Crippen LogP contribution is 2.01. The van der Waals surface area contributed by atoms with Crippen LogP contribution in [0.3, 0.4) is 0 Å². The molecule has 0 saturated heterocycles. The number of nitrogens with zero attached hydrogens (tertiary/aromatic N) is 2. The zero-order valence-corrected chi connectivity index (χ0v) is 7.37. The molecule has 1 unspecified atom stereocenters. The maximum Gasteiger partial charge on any atom is 0.172 e. The molecule has 0 aromatic carbocycles. The Balaban J connectivity index is 2.61. The van der Waals surface area contributed by atoms with Crippen molar-refractivity contribution in [3.8, 4) is 0 Å². The summed E-state index contributed by atoms with van der Waals surface area (Å²) in [6.07, 6.45) is 1.68. The van der Waals surface area contributed by atoms with Crippen LogP contribution in [0.25, 0.3) is 0 Å². The molecule has 0 saturated carbocycles. The number of anilines is 1. The van der Waals surface area contributed by atoms with Gasteiger partial charge in [0.25, 0.3) is 0 Å². The van der Waals surface area contributed by atoms with E-state index in [1.807, 2.05) is 13.8 Å². The van der Waals surface area contributed by atoms with Crippen LogP contribution >= 0.6 is 0 Å². The standard InChI is InChI=1S/C7H14N4O/c1-3-10-7(5-6-8-10)9-11(12)4-2/h5-6,9,11H,3-4H2,1-2H3. The molecule has 1 rings (SSSR count). The first-order valence-corrected chi connectivity index (χ1v) is 4.09. The number of hydrogen-bond donors (Lipinski definition) is 2. The SMILES string of the molecule is CCn1nccc1N[NH+]([O-])CC. The highest BCUT2D eigenvalue weighted by atomic mass is 16.5. The number of nitrogens with one attached hydrogen (secondary N) is 2. The number of quaternary nitrogens is 1. The van der Waals surface area contributed by atoms with Gasteiger partial charge in [0.1, 0.15) is 0 Å². The zero-order valence-electron chi connectivity index (χ0n) is 7.37. The van der Waals surface area contributed by atoms with Crippen molar-refractivity contribution in [2.24, 2.45) is 0 Å². The lowest BCUT2D eigenvalue weighted by Gasteiger charge is -2.21. The molecule has 0 radical (unpaired) electrons. The summed E-state index contributed by atoms with van der Waals surface area (Å²) in [5, 5.41) is 15.0. The first-order valence-electron chi connectivity index (χ1n) is 4.09. The van der Waals surface area contributed by atoms with Gasteiger partial charge in [-0.3, -0.25) is 5.17 Å². The van der Waals surface area contributed by atoms with E-state index in [0.717, 1.165) is 12.4 Å². The number of hydroxylamine groups is 1. The molecule has 0 aliphatic carbocycles. The predicted octanol–water partition coefficient (Wildman–Crippen LogP) is -0.368. The van der Waals surface area contributed by atoms with Crippen molar-refractivity contribution in [1.29, 1.82) is 0 Å². The zero-order chi connectivity index (χ0) is 8.97. The Labute approximate surface area is 71.5 Å². The molecular weight excluding hydrogens is 156 g/mol. The fourth-order valence-electron chi connectivity index (χ4n) is 0.922. The minimum Gasteiger partial charge on any atom is -0.608 e. The van der Waals surface area contributed by atoms with Gasteiger partial charge in [0.2, 0.25) is 0 Å². The van der Waals surface area contributed by atoms with Gasteiger partial charge in [-0.1, -0.05) is 0 Å². The third-order valence-electron chi connectivity index (χ3n) is 1.60. The second-order valence-corrected chi connectivity index (χ2v) is 2.43. The van der Waals surface area contributed by atoms with E-state index >= 15 is 0 Å². The van der Waals surface area contributed by atoms with E-state index in [9.17, 15) is 5.21 Å². The van der Waals surface area contributed by atoms with Gasteiger partial charge in [-0.15, -0.1) is 0 Å². The molecule has 0 aliphatic heterocycles. The summed E-state index contributed by atoms with van der Waals surface area (Å²) in [7, 11) is 0. The van der Waals surface area contributed by atoms with Crippen molar-refractivity contribution < 1.29 is 5.17 Å². The van der Waals surface area contributed by atoms with Gasteiger partial charge in [-0.2, -0.15) is 5.10 Å². The van der Waals surface area contributed by atoms with E-state index in [2.05, 4.69) is 10.5 Å². The summed E-state index contributed by atoms with van der Waals surface area (Å²) in [5.74, 6) is 0.768. The fourth-order valence-corrected chi connectivity index (χ4v) is 0.922. The van der Waals surface area contributed by atoms with Crippen LogP contribution in [0.4, 0.5) is 5.82 Å². The second-order valence-electron chi connectivity index (χ2n) is 2.43. The first-order chi connectivity index (χ1) is 5.77. The lowest BCUT2D eigenvalue weighted by Crippen LogP contribution is -3.10. The maximum absolute atomic E-state index is 11.0. The van der Waals surface area contributed by atoms with Crippen LogP contribution in [0.15, 0.2) is 12.3 Å². The van der Waals surface area contributed by atoms with Crippen LogP contribution in [-0.4, -0.2) is 16.3 Å². The molecule has 68 valence electrons. The van der Waals surface area contributed by atoms with E-state index in [-0.39, 0.29) is 5.17 Å². The normalized spacial score (nSPS) is 12.9. The van der Waals surface area contributed by atoms with Gasteiger partial charge in [0, 0.05) is 12.6 Å². The summed E-state index contributed by atoms with van der Waals surface area (Å²) in [6, 6.07) is 1.79. The molecule has 2 N–H and O–H groups in total. The topological polar surface area (TPSA) is 57.3 Å². The molecule has 5 nitrogen and oxygen atoms in total. The lowest BCUT2D eigenvalue weighted by atomic mass is 10.6. The molecule has 1 aromatic heterocycles. The second kappa shape index (κ2) is 4.08. The Morgan fingerprint density at radius 3 is 3.00 bits per heavy atom. The highest BCUT2D eigenvalue weighted by Gasteiger charge is 2.01. The van der Waals surface area contributed by atoms with Crippen molar-refractivity contribution in [3.63, 3.8) is 0 Å². The predicted molar refractivity (Wildman–Crippen MR) is 46.4 cm³/mol. The van der Waals surface area contributed by atoms with Crippen LogP contribution in [-0.2, 0) is 6.54 Å². The van der Waals surface area contributed by atoms with Crippen LogP contribution in [0.2, 0.25) is 0 Å². The minimum absolute atomic E-state index is 0.0187. The van der Waals surface area contributed by atoms with E-state index in [0.29, 0.717) is 6.54 Å². The monoisotopic (exact) mass is 170 g/mol. The van der Waals surface area contributed by atoms with Crippen LogP contribution in [0.5, 0.6) is 0 Å². The average Bonchev–Trinajstić information content (AvgIpc) is 2.51. The molecule has 0 fully saturated rings. The summed E-state index contributed by atoms with van der Waals surface area (Å²) in [5.41, 5.74) is 2.75. The van der Waals surface area contributed by atoms with Crippen molar-refractivity contribution in [2.45, 2.75) is 20.4 Å². The van der Waals surface area contributed by atoms with E-state index in [4.69, 9.17) is 0 Å². The van der Waals surface area contributed by atoms with Crippen molar-refractivity contribution in [2.75, 3.05) is 12.0 Å². The molecule has 12 heavy (non-hydrogen) atoms. The molecule has 0 spiro atoms. The highest BCUT2D eigenvalue weighted by molar-refractivity contribution is 5.30. The van der Waals surface area contributed by atoms with Gasteiger partial charge in [0.15, 0.2) is 5.82 Å². The number of rotatable bonds is 4. The molecule has 0 bridgehead atoms. The fraction of sp³-hybridized carbons (Fsp3) is 0.571. The summed E-state index contributed by atoms with van der Waals surface area (Å²) in [6.45, 7) is 5.07. The Hall–Kier alpha value is -1.07. The van der Waals surface area contributed by atoms with Crippen LogP contribution in [0, 0.1) is 5.21 Å². The molecule has 5 heteroatoms. The number of aryl methyl sites for hydroxylation is 1. The largest absolute Gasteiger partial charge is 0.608 e. The van der Waals surface area contributed by atoms with Crippen LogP contribution < -0.4 is 10.6 Å². The lowest BCUT2D eigenvalue weighted by molar-refractivity contribution is -0.822.